The summed E-state index contributed by atoms with van der Waals surface area (Å²) in [5.74, 6) is 0.470. The molecule has 2 atom stereocenters. The molecule has 0 unspecified atom stereocenters. The molecule has 0 bridgehead atoms. The number of benzene rings is 1. The van der Waals surface area contributed by atoms with Crippen LogP contribution in [0.4, 0.5) is 5.69 Å². The lowest BCUT2D eigenvalue weighted by atomic mass is 10.2. The van der Waals surface area contributed by atoms with Gasteiger partial charge in [0.05, 0.1) is 12.2 Å². The van der Waals surface area contributed by atoms with E-state index in [1.54, 1.807) is 11.0 Å². The number of amides is 2. The van der Waals surface area contributed by atoms with Crippen molar-refractivity contribution in [3.8, 4) is 0 Å². The number of nitrogens with zero attached hydrogens (tertiary/aromatic N) is 2. The third-order valence-electron chi connectivity index (χ3n) is 5.44. The van der Waals surface area contributed by atoms with Gasteiger partial charge in [-0.15, -0.1) is 0 Å². The molecule has 0 aliphatic carbocycles. The molecule has 4 rings (SSSR count). The second kappa shape index (κ2) is 6.15. The number of hydrogen-bond acceptors (Lipinski definition) is 2. The molecule has 1 aromatic carbocycles. The van der Waals surface area contributed by atoms with E-state index in [1.807, 2.05) is 25.1 Å². The van der Waals surface area contributed by atoms with E-state index in [0.717, 1.165) is 44.2 Å². The topological polar surface area (TPSA) is 68.9 Å². The molecule has 3 fully saturated rings. The summed E-state index contributed by atoms with van der Waals surface area (Å²) in [4.78, 5) is 28.5. The van der Waals surface area contributed by atoms with Crippen molar-refractivity contribution in [3.63, 3.8) is 0 Å². The molecule has 3 aliphatic rings. The van der Waals surface area contributed by atoms with Crippen LogP contribution < -0.4 is 20.4 Å². The zero-order chi connectivity index (χ0) is 17.6. The number of quaternary nitrogens is 1. The fourth-order valence-electron chi connectivity index (χ4n) is 3.90. The first kappa shape index (κ1) is 16.1. The molecule has 7 heteroatoms. The van der Waals surface area contributed by atoms with Crippen LogP contribution in [0, 0.1) is 6.92 Å². The van der Waals surface area contributed by atoms with E-state index in [4.69, 9.17) is 0 Å². The molecule has 0 spiro atoms. The van der Waals surface area contributed by atoms with E-state index in [9.17, 15) is 9.59 Å². The Balaban J connectivity index is 1.53. The zero-order valence-corrected chi connectivity index (χ0v) is 14.7. The highest BCUT2D eigenvalue weighted by Crippen LogP contribution is 2.25. The van der Waals surface area contributed by atoms with Gasteiger partial charge in [-0.2, -0.15) is 0 Å². The van der Waals surface area contributed by atoms with Crippen LogP contribution in [0.1, 0.15) is 12.5 Å². The van der Waals surface area contributed by atoms with Crippen LogP contribution in [0.25, 0.3) is 0 Å². The summed E-state index contributed by atoms with van der Waals surface area (Å²) in [6.45, 7) is 9.31. The summed E-state index contributed by atoms with van der Waals surface area (Å²) < 4.78 is 2.22. The third-order valence-corrected chi connectivity index (χ3v) is 5.44. The Kier molecular flexibility index (Phi) is 3.95. The van der Waals surface area contributed by atoms with Gasteiger partial charge in [0.25, 0.3) is 11.8 Å². The minimum absolute atomic E-state index is 0.180. The second-order valence-electron chi connectivity index (χ2n) is 7.03. The van der Waals surface area contributed by atoms with Gasteiger partial charge in [-0.25, -0.2) is 4.90 Å². The molecule has 7 nitrogen and oxygen atoms in total. The Morgan fingerprint density at radius 2 is 1.80 bits per heavy atom. The molecular weight excluding hydrogens is 318 g/mol. The van der Waals surface area contributed by atoms with Crippen LogP contribution in [0.2, 0.25) is 0 Å². The lowest BCUT2D eigenvalue weighted by molar-refractivity contribution is -0.930. The first-order valence-corrected chi connectivity index (χ1v) is 9.01. The smallest absolute Gasteiger partial charge is 0.330 e. The molecule has 0 saturated carbocycles. The van der Waals surface area contributed by atoms with Gasteiger partial charge < -0.3 is 4.90 Å². The number of carbonyl (C=O) groups is 2. The second-order valence-corrected chi connectivity index (χ2v) is 7.03. The molecule has 3 aliphatic heterocycles. The van der Waals surface area contributed by atoms with Gasteiger partial charge in [-0.3, -0.25) is 24.8 Å². The van der Waals surface area contributed by atoms with E-state index in [-0.39, 0.29) is 11.8 Å². The zero-order valence-electron chi connectivity index (χ0n) is 14.7. The molecule has 3 saturated heterocycles. The van der Waals surface area contributed by atoms with Crippen LogP contribution in [0.3, 0.4) is 0 Å². The van der Waals surface area contributed by atoms with Crippen molar-refractivity contribution < 1.29 is 19.1 Å². The fourth-order valence-corrected chi connectivity index (χ4v) is 3.90. The van der Waals surface area contributed by atoms with Crippen molar-refractivity contribution in [2.45, 2.75) is 25.9 Å². The molecular formula is C18H25N5O2+2. The summed E-state index contributed by atoms with van der Waals surface area (Å²) in [6, 6.07) is 6.47. The summed E-state index contributed by atoms with van der Waals surface area (Å²) in [5, 5.41) is 6.52. The Morgan fingerprint density at radius 1 is 1.16 bits per heavy atom. The number of rotatable bonds is 2. The van der Waals surface area contributed by atoms with Gasteiger partial charge >= 0.3 is 5.96 Å². The number of fused-ring (bicyclic) bond motifs is 1. The van der Waals surface area contributed by atoms with Crippen molar-refractivity contribution in [2.75, 3.05) is 37.6 Å². The standard InChI is InChI=1S/C18H23N5O2/c1-3-21-7-9-22(10-8-21)18-19-14-15(20-18)17(25)23(16(14)24)13-6-4-5-12(2)11-13/h4-6,11,14-15H,3,7-10H2,1-2H3,(H,19,20)/p+2/t14-,15-/m1/s1. The molecule has 0 aromatic heterocycles. The van der Waals surface area contributed by atoms with Crippen molar-refractivity contribution in [2.24, 2.45) is 0 Å². The first-order valence-electron chi connectivity index (χ1n) is 9.01. The lowest BCUT2D eigenvalue weighted by Gasteiger charge is -2.24. The Morgan fingerprint density at radius 3 is 2.36 bits per heavy atom. The average molecular weight is 343 g/mol. The van der Waals surface area contributed by atoms with Crippen molar-refractivity contribution in [3.05, 3.63) is 29.8 Å². The van der Waals surface area contributed by atoms with Crippen molar-refractivity contribution >= 4 is 23.5 Å². The maximum Gasteiger partial charge on any atom is 0.347 e. The third kappa shape index (κ3) is 2.68. The number of aryl methyl sites for hydroxylation is 1. The maximum atomic E-state index is 12.8. The quantitative estimate of drug-likeness (QED) is 0.433. The Hall–Kier alpha value is -2.41. The van der Waals surface area contributed by atoms with Gasteiger partial charge in [0, 0.05) is 0 Å². The number of hydrogen-bond donors (Lipinski definition) is 3. The highest BCUT2D eigenvalue weighted by Gasteiger charge is 2.57. The highest BCUT2D eigenvalue weighted by atomic mass is 16.2. The number of likely N-dealkylation sites (N-methyl/N-ethyl adjacent to an activating group) is 1. The summed E-state index contributed by atoms with van der Waals surface area (Å²) in [5.41, 5.74) is 1.68. The normalized spacial score (nSPS) is 28.9. The SMILES string of the molecule is CC[NH+]1CC[N+](=C2N[C@H]3C(=O)N(c4cccc(C)c4)C(=O)[C@@H]3N2)CC1. The molecule has 132 valence electrons. The van der Waals surface area contributed by atoms with Crippen LogP contribution in [0.5, 0.6) is 0 Å². The Labute approximate surface area is 147 Å². The van der Waals surface area contributed by atoms with Crippen LogP contribution in [0.15, 0.2) is 24.3 Å². The Bertz CT molecular complexity index is 724. The number of nitrogens with one attached hydrogen (secondary N) is 3. The molecule has 0 radical (unpaired) electrons. The average Bonchev–Trinajstić information content (AvgIpc) is 3.15. The summed E-state index contributed by atoms with van der Waals surface area (Å²) in [6.07, 6.45) is 0. The minimum atomic E-state index is -0.514. The summed E-state index contributed by atoms with van der Waals surface area (Å²) >= 11 is 0. The predicted octanol–water partition coefficient (Wildman–Crippen LogP) is -1.91. The van der Waals surface area contributed by atoms with Crippen LogP contribution in [-0.2, 0) is 9.59 Å². The first-order chi connectivity index (χ1) is 12.1. The highest BCUT2D eigenvalue weighted by molar-refractivity contribution is 6.27. The molecule has 2 amide bonds. The fraction of sp³-hybridized carbons (Fsp3) is 0.500. The van der Waals surface area contributed by atoms with Crippen molar-refractivity contribution in [1.29, 1.82) is 0 Å². The predicted molar refractivity (Wildman–Crippen MR) is 93.8 cm³/mol. The number of carbonyl (C=O) groups excluding carboxylic acids is 2. The van der Waals surface area contributed by atoms with Crippen LogP contribution in [-0.4, -0.2) is 67.2 Å². The van der Waals surface area contributed by atoms with E-state index in [2.05, 4.69) is 22.1 Å². The number of guanidine groups is 1. The van der Waals surface area contributed by atoms with Gasteiger partial charge in [-0.1, -0.05) is 12.1 Å². The van der Waals surface area contributed by atoms with Gasteiger partial charge in [0.15, 0.2) is 12.1 Å². The molecule has 3 N–H and O–H groups in total. The molecule has 1 aromatic rings. The van der Waals surface area contributed by atoms with E-state index >= 15 is 0 Å². The number of imide groups is 1. The summed E-state index contributed by atoms with van der Waals surface area (Å²) in [7, 11) is 0. The monoisotopic (exact) mass is 343 g/mol. The van der Waals surface area contributed by atoms with Gasteiger partial charge in [0.2, 0.25) is 0 Å². The number of piperazine rings is 1. The maximum absolute atomic E-state index is 12.8. The van der Waals surface area contributed by atoms with E-state index in [0.29, 0.717) is 5.69 Å². The van der Waals surface area contributed by atoms with Crippen molar-refractivity contribution in [1.82, 2.24) is 10.6 Å². The van der Waals surface area contributed by atoms with Crippen LogP contribution >= 0.6 is 0 Å². The molecule has 25 heavy (non-hydrogen) atoms. The minimum Gasteiger partial charge on any atom is -0.330 e. The largest absolute Gasteiger partial charge is 0.347 e. The molecule has 3 heterocycles. The van der Waals surface area contributed by atoms with E-state index < -0.39 is 12.1 Å². The van der Waals surface area contributed by atoms with Gasteiger partial charge in [-0.05, 0) is 31.5 Å². The number of anilines is 1. The van der Waals surface area contributed by atoms with Gasteiger partial charge in [0.1, 0.15) is 26.2 Å². The van der Waals surface area contributed by atoms with E-state index in [1.165, 1.54) is 4.90 Å². The lowest BCUT2D eigenvalue weighted by Crippen LogP contribution is -3.14.